The van der Waals surface area contributed by atoms with E-state index in [0.717, 1.165) is 30.0 Å². The molecule has 0 spiro atoms. The Morgan fingerprint density at radius 1 is 0.957 bits per heavy atom. The van der Waals surface area contributed by atoms with E-state index in [9.17, 15) is 4.79 Å². The molecule has 1 fully saturated rings. The van der Waals surface area contributed by atoms with Gasteiger partial charge in [-0.05, 0) is 37.1 Å². The van der Waals surface area contributed by atoms with Gasteiger partial charge in [-0.15, -0.1) is 0 Å². The monoisotopic (exact) mass is 311 g/mol. The number of rotatable bonds is 2. The minimum Gasteiger partial charge on any atom is -0.353 e. The van der Waals surface area contributed by atoms with Gasteiger partial charge in [-0.3, -0.25) is 5.32 Å². The predicted molar refractivity (Wildman–Crippen MR) is 90.8 cm³/mol. The topological polar surface area (TPSA) is 61.4 Å². The third-order valence-electron chi connectivity index (χ3n) is 3.93. The molecule has 2 amide bonds. The van der Waals surface area contributed by atoms with Crippen LogP contribution in [-0.4, -0.2) is 47.1 Å². The number of hydrogen-bond donors (Lipinski definition) is 1. The van der Waals surface area contributed by atoms with Crippen LogP contribution in [0.4, 0.5) is 16.4 Å². The smallest absolute Gasteiger partial charge is 0.323 e. The number of nitrogens with zero attached hydrogens (tertiary/aromatic N) is 4. The first-order valence-corrected chi connectivity index (χ1v) is 7.78. The number of urea groups is 1. The first kappa shape index (κ1) is 15.3. The van der Waals surface area contributed by atoms with Crippen molar-refractivity contribution in [3.63, 3.8) is 0 Å². The number of carbonyl (C=O) groups excluding carboxylic acids is 1. The normalized spacial score (nSPS) is 14.7. The van der Waals surface area contributed by atoms with Crippen molar-refractivity contribution in [3.05, 3.63) is 47.8 Å². The van der Waals surface area contributed by atoms with Crippen LogP contribution in [0.3, 0.4) is 0 Å². The third-order valence-corrected chi connectivity index (χ3v) is 3.93. The number of aryl methyl sites for hydroxylation is 2. The molecule has 0 radical (unpaired) electrons. The van der Waals surface area contributed by atoms with Gasteiger partial charge in [0.15, 0.2) is 0 Å². The highest BCUT2D eigenvalue weighted by Gasteiger charge is 2.22. The van der Waals surface area contributed by atoms with Gasteiger partial charge in [0.25, 0.3) is 0 Å². The van der Waals surface area contributed by atoms with Crippen molar-refractivity contribution in [2.24, 2.45) is 0 Å². The summed E-state index contributed by atoms with van der Waals surface area (Å²) in [6.07, 6.45) is 3.62. The van der Waals surface area contributed by atoms with Crippen LogP contribution in [0.1, 0.15) is 11.1 Å². The van der Waals surface area contributed by atoms with Gasteiger partial charge in [0.05, 0.1) is 0 Å². The van der Waals surface area contributed by atoms with Crippen LogP contribution in [-0.2, 0) is 0 Å². The van der Waals surface area contributed by atoms with Crippen molar-refractivity contribution in [2.45, 2.75) is 13.8 Å². The third kappa shape index (κ3) is 3.77. The summed E-state index contributed by atoms with van der Waals surface area (Å²) in [6.45, 7) is 6.91. The quantitative estimate of drug-likeness (QED) is 0.925. The molecule has 1 aliphatic rings. The summed E-state index contributed by atoms with van der Waals surface area (Å²) >= 11 is 0. The Bertz CT molecular complexity index is 660. The summed E-state index contributed by atoms with van der Waals surface area (Å²) in [5.74, 6) is 1.55. The second-order valence-electron chi connectivity index (χ2n) is 5.82. The van der Waals surface area contributed by atoms with E-state index in [1.165, 1.54) is 0 Å². The molecule has 120 valence electrons. The van der Waals surface area contributed by atoms with Crippen molar-refractivity contribution in [1.82, 2.24) is 14.9 Å². The van der Waals surface area contributed by atoms with Gasteiger partial charge in [0.1, 0.15) is 11.6 Å². The number of pyridine rings is 2. The number of amides is 2. The SMILES string of the molecule is Cc1ccc(NC(=O)N2CCN(c3ccc(C)cn3)CC2)nc1. The zero-order valence-corrected chi connectivity index (χ0v) is 13.5. The molecular formula is C17H21N5O. The van der Waals surface area contributed by atoms with Crippen LogP contribution in [0.5, 0.6) is 0 Å². The zero-order valence-electron chi connectivity index (χ0n) is 13.5. The number of piperazine rings is 1. The fourth-order valence-corrected chi connectivity index (χ4v) is 2.52. The molecule has 1 saturated heterocycles. The summed E-state index contributed by atoms with van der Waals surface area (Å²) in [4.78, 5) is 24.9. The van der Waals surface area contributed by atoms with Gasteiger partial charge in [0, 0.05) is 38.6 Å². The second kappa shape index (κ2) is 6.64. The van der Waals surface area contributed by atoms with Crippen LogP contribution in [0.2, 0.25) is 0 Å². The zero-order chi connectivity index (χ0) is 16.2. The van der Waals surface area contributed by atoms with Gasteiger partial charge < -0.3 is 9.80 Å². The van der Waals surface area contributed by atoms with E-state index in [1.807, 2.05) is 43.1 Å². The molecule has 0 aliphatic carbocycles. The van der Waals surface area contributed by atoms with Gasteiger partial charge in [-0.2, -0.15) is 0 Å². The number of nitrogens with one attached hydrogen (secondary N) is 1. The van der Waals surface area contributed by atoms with E-state index >= 15 is 0 Å². The van der Waals surface area contributed by atoms with Gasteiger partial charge in [0.2, 0.25) is 0 Å². The van der Waals surface area contributed by atoms with Crippen LogP contribution in [0.25, 0.3) is 0 Å². The molecule has 2 aromatic rings. The van der Waals surface area contributed by atoms with Gasteiger partial charge in [-0.25, -0.2) is 14.8 Å². The van der Waals surface area contributed by atoms with Crippen molar-refractivity contribution >= 4 is 17.7 Å². The van der Waals surface area contributed by atoms with Gasteiger partial charge in [-0.1, -0.05) is 12.1 Å². The van der Waals surface area contributed by atoms with Crippen LogP contribution in [0, 0.1) is 13.8 Å². The summed E-state index contributed by atoms with van der Waals surface area (Å²) < 4.78 is 0. The molecular weight excluding hydrogens is 290 g/mol. The van der Waals surface area contributed by atoms with Gasteiger partial charge >= 0.3 is 6.03 Å². The number of anilines is 2. The molecule has 0 atom stereocenters. The lowest BCUT2D eigenvalue weighted by Gasteiger charge is -2.35. The molecule has 1 N–H and O–H groups in total. The summed E-state index contributed by atoms with van der Waals surface area (Å²) in [5, 5.41) is 2.84. The predicted octanol–water partition coefficient (Wildman–Crippen LogP) is 2.45. The van der Waals surface area contributed by atoms with E-state index in [0.29, 0.717) is 18.9 Å². The lowest BCUT2D eigenvalue weighted by molar-refractivity contribution is 0.208. The van der Waals surface area contributed by atoms with E-state index in [4.69, 9.17) is 0 Å². The fraction of sp³-hybridized carbons (Fsp3) is 0.353. The Balaban J connectivity index is 1.54. The molecule has 6 heteroatoms. The van der Waals surface area contributed by atoms with E-state index in [2.05, 4.69) is 26.3 Å². The summed E-state index contributed by atoms with van der Waals surface area (Å²) in [7, 11) is 0. The molecule has 0 unspecified atom stereocenters. The largest absolute Gasteiger partial charge is 0.353 e. The van der Waals surface area contributed by atoms with E-state index in [-0.39, 0.29) is 6.03 Å². The van der Waals surface area contributed by atoms with Crippen molar-refractivity contribution < 1.29 is 4.79 Å². The maximum atomic E-state index is 12.3. The highest BCUT2D eigenvalue weighted by atomic mass is 16.2. The Morgan fingerprint density at radius 2 is 1.61 bits per heavy atom. The number of hydrogen-bond acceptors (Lipinski definition) is 4. The highest BCUT2D eigenvalue weighted by Crippen LogP contribution is 2.14. The average molecular weight is 311 g/mol. The van der Waals surface area contributed by atoms with Crippen LogP contribution in [0.15, 0.2) is 36.7 Å². The van der Waals surface area contributed by atoms with E-state index in [1.54, 1.807) is 6.20 Å². The number of carbonyl (C=O) groups is 1. The minimum absolute atomic E-state index is 0.0992. The van der Waals surface area contributed by atoms with Crippen molar-refractivity contribution in [1.29, 1.82) is 0 Å². The average Bonchev–Trinajstić information content (AvgIpc) is 2.58. The van der Waals surface area contributed by atoms with Crippen LogP contribution < -0.4 is 10.2 Å². The summed E-state index contributed by atoms with van der Waals surface area (Å²) in [5.41, 5.74) is 2.22. The molecule has 1 aliphatic heterocycles. The molecule has 0 bridgehead atoms. The lowest BCUT2D eigenvalue weighted by Crippen LogP contribution is -2.50. The molecule has 0 saturated carbocycles. The lowest BCUT2D eigenvalue weighted by atomic mass is 10.3. The fourth-order valence-electron chi connectivity index (χ4n) is 2.52. The Morgan fingerprint density at radius 3 is 2.17 bits per heavy atom. The standard InChI is InChI=1S/C17H21N5O/c1-13-3-5-15(18-11-13)20-17(23)22-9-7-21(8-10-22)16-6-4-14(2)12-19-16/h3-6,11-12H,7-10H2,1-2H3,(H,18,20,23). The Hall–Kier alpha value is -2.63. The minimum atomic E-state index is -0.0992. The first-order chi connectivity index (χ1) is 11.1. The molecule has 0 aromatic carbocycles. The maximum Gasteiger partial charge on any atom is 0.323 e. The Labute approximate surface area is 136 Å². The van der Waals surface area contributed by atoms with Crippen molar-refractivity contribution in [2.75, 3.05) is 36.4 Å². The molecule has 2 aromatic heterocycles. The summed E-state index contributed by atoms with van der Waals surface area (Å²) in [6, 6.07) is 7.74. The number of aromatic nitrogens is 2. The molecule has 3 rings (SSSR count). The van der Waals surface area contributed by atoms with Crippen molar-refractivity contribution in [3.8, 4) is 0 Å². The Kier molecular flexibility index (Phi) is 4.41. The van der Waals surface area contributed by atoms with E-state index < -0.39 is 0 Å². The molecule has 6 nitrogen and oxygen atoms in total. The highest BCUT2D eigenvalue weighted by molar-refractivity contribution is 5.88. The van der Waals surface area contributed by atoms with Crippen LogP contribution >= 0.6 is 0 Å². The first-order valence-electron chi connectivity index (χ1n) is 7.78. The second-order valence-corrected chi connectivity index (χ2v) is 5.82. The molecule has 23 heavy (non-hydrogen) atoms. The molecule has 3 heterocycles. The maximum absolute atomic E-state index is 12.3.